The van der Waals surface area contributed by atoms with Gasteiger partial charge in [-0.25, -0.2) is 0 Å². The summed E-state index contributed by atoms with van der Waals surface area (Å²) in [5, 5.41) is 3.66. The Morgan fingerprint density at radius 3 is 2.12 bits per heavy atom. The van der Waals surface area contributed by atoms with Gasteiger partial charge in [0.2, 0.25) is 0 Å². The van der Waals surface area contributed by atoms with Crippen molar-refractivity contribution in [3.8, 4) is 0 Å². The Hall–Kier alpha value is -0.0400. The molecule has 0 bridgehead atoms. The molecule has 0 heterocycles. The van der Waals surface area contributed by atoms with Crippen molar-refractivity contribution < 1.29 is 0 Å². The summed E-state index contributed by atoms with van der Waals surface area (Å²) in [6.07, 6.45) is 11.6. The molecule has 2 atom stereocenters. The minimum absolute atomic E-state index is 0.293. The van der Waals surface area contributed by atoms with Crippen molar-refractivity contribution in [2.45, 2.75) is 84.6 Å². The van der Waals surface area contributed by atoms with E-state index in [9.17, 15) is 0 Å². The van der Waals surface area contributed by atoms with Crippen LogP contribution in [0.5, 0.6) is 0 Å². The highest BCUT2D eigenvalue weighted by atomic mass is 14.9. The molecule has 0 amide bonds. The average Bonchev–Trinajstić information content (AvgIpc) is 2.20. The van der Waals surface area contributed by atoms with Gasteiger partial charge in [0.1, 0.15) is 0 Å². The monoisotopic (exact) mass is 239 g/mol. The molecule has 2 unspecified atom stereocenters. The van der Waals surface area contributed by atoms with Crippen molar-refractivity contribution in [3.05, 3.63) is 0 Å². The summed E-state index contributed by atoms with van der Waals surface area (Å²) >= 11 is 0. The van der Waals surface area contributed by atoms with E-state index >= 15 is 0 Å². The van der Waals surface area contributed by atoms with Crippen molar-refractivity contribution in [2.24, 2.45) is 11.8 Å². The van der Waals surface area contributed by atoms with Crippen molar-refractivity contribution in [2.75, 3.05) is 6.54 Å². The third-order valence-electron chi connectivity index (χ3n) is 4.15. The fourth-order valence-corrected chi connectivity index (χ4v) is 2.73. The molecular formula is C16H33N. The smallest absolute Gasteiger partial charge is 0.00966 e. The summed E-state index contributed by atoms with van der Waals surface area (Å²) in [7, 11) is 0. The molecule has 1 N–H and O–H groups in total. The van der Waals surface area contributed by atoms with Crippen LogP contribution in [0.2, 0.25) is 0 Å². The zero-order valence-electron chi connectivity index (χ0n) is 12.5. The summed E-state index contributed by atoms with van der Waals surface area (Å²) in [5.41, 5.74) is 0.293. The molecular weight excluding hydrogens is 206 g/mol. The molecule has 1 aliphatic rings. The van der Waals surface area contributed by atoms with Crippen LogP contribution in [0.3, 0.4) is 0 Å². The lowest BCUT2D eigenvalue weighted by atomic mass is 9.71. The fourth-order valence-electron chi connectivity index (χ4n) is 2.73. The zero-order valence-corrected chi connectivity index (χ0v) is 12.5. The Balaban J connectivity index is 2.02. The van der Waals surface area contributed by atoms with Gasteiger partial charge >= 0.3 is 0 Å². The molecule has 1 nitrogen and oxygen atoms in total. The average molecular weight is 239 g/mol. The second-order valence-corrected chi connectivity index (χ2v) is 6.93. The molecule has 0 spiro atoms. The van der Waals surface area contributed by atoms with E-state index < -0.39 is 0 Å². The van der Waals surface area contributed by atoms with E-state index in [0.29, 0.717) is 5.54 Å². The second-order valence-electron chi connectivity index (χ2n) is 6.93. The highest BCUT2D eigenvalue weighted by Crippen LogP contribution is 2.37. The molecule has 0 aliphatic heterocycles. The molecule has 0 aromatic heterocycles. The Bertz CT molecular complexity index is 192. The van der Waals surface area contributed by atoms with Gasteiger partial charge in [-0.1, -0.05) is 45.4 Å². The molecule has 1 heteroatoms. The minimum Gasteiger partial charge on any atom is -0.312 e. The number of nitrogens with one attached hydrogen (secondary N) is 1. The number of hydrogen-bond donors (Lipinski definition) is 1. The summed E-state index contributed by atoms with van der Waals surface area (Å²) in [4.78, 5) is 0. The highest BCUT2D eigenvalue weighted by molar-refractivity contribution is 4.84. The summed E-state index contributed by atoms with van der Waals surface area (Å²) in [6.45, 7) is 10.3. The van der Waals surface area contributed by atoms with Crippen molar-refractivity contribution in [1.82, 2.24) is 5.32 Å². The summed E-state index contributed by atoms with van der Waals surface area (Å²) in [6, 6.07) is 0. The summed E-state index contributed by atoms with van der Waals surface area (Å²) in [5.74, 6) is 2.01. The van der Waals surface area contributed by atoms with Crippen LogP contribution in [0.1, 0.15) is 79.1 Å². The van der Waals surface area contributed by atoms with Crippen molar-refractivity contribution in [3.63, 3.8) is 0 Å². The lowest BCUT2D eigenvalue weighted by Crippen LogP contribution is -2.43. The second kappa shape index (κ2) is 7.41. The first-order chi connectivity index (χ1) is 8.03. The van der Waals surface area contributed by atoms with E-state index in [0.717, 1.165) is 11.8 Å². The van der Waals surface area contributed by atoms with Gasteiger partial charge in [-0.3, -0.25) is 0 Å². The van der Waals surface area contributed by atoms with Crippen LogP contribution in [-0.4, -0.2) is 12.1 Å². The predicted octanol–water partition coefficient (Wildman–Crippen LogP) is 4.76. The van der Waals surface area contributed by atoms with E-state index in [1.807, 2.05) is 0 Å². The van der Waals surface area contributed by atoms with Gasteiger partial charge in [0, 0.05) is 5.54 Å². The van der Waals surface area contributed by atoms with Gasteiger partial charge in [0.15, 0.2) is 0 Å². The first-order valence-corrected chi connectivity index (χ1v) is 7.78. The topological polar surface area (TPSA) is 12.0 Å². The molecule has 102 valence electrons. The van der Waals surface area contributed by atoms with Crippen molar-refractivity contribution in [1.29, 1.82) is 0 Å². The van der Waals surface area contributed by atoms with Gasteiger partial charge in [-0.05, 0) is 52.0 Å². The lowest BCUT2D eigenvalue weighted by Gasteiger charge is -2.39. The molecule has 1 saturated carbocycles. The van der Waals surface area contributed by atoms with E-state index in [1.54, 1.807) is 0 Å². The van der Waals surface area contributed by atoms with Crippen molar-refractivity contribution >= 4 is 0 Å². The Morgan fingerprint density at radius 2 is 1.59 bits per heavy atom. The SMILES string of the molecule is CCCCCCCC1CCC1CNC(C)(C)C. The van der Waals surface area contributed by atoms with Crippen LogP contribution in [0, 0.1) is 11.8 Å². The van der Waals surface area contributed by atoms with Crippen LogP contribution < -0.4 is 5.32 Å². The van der Waals surface area contributed by atoms with Crippen LogP contribution in [0.4, 0.5) is 0 Å². The molecule has 0 saturated heterocycles. The van der Waals surface area contributed by atoms with Crippen LogP contribution in [-0.2, 0) is 0 Å². The highest BCUT2D eigenvalue weighted by Gasteiger charge is 2.30. The van der Waals surface area contributed by atoms with Gasteiger partial charge in [0.25, 0.3) is 0 Å². The quantitative estimate of drug-likeness (QED) is 0.602. The molecule has 0 aromatic rings. The largest absolute Gasteiger partial charge is 0.312 e. The molecule has 17 heavy (non-hydrogen) atoms. The number of hydrogen-bond acceptors (Lipinski definition) is 1. The fraction of sp³-hybridized carbons (Fsp3) is 1.00. The van der Waals surface area contributed by atoms with Gasteiger partial charge < -0.3 is 5.32 Å². The normalized spacial score (nSPS) is 24.7. The summed E-state index contributed by atoms with van der Waals surface area (Å²) < 4.78 is 0. The maximum absolute atomic E-state index is 3.66. The first kappa shape index (κ1) is 15.0. The third kappa shape index (κ3) is 6.45. The van der Waals surface area contributed by atoms with E-state index in [-0.39, 0.29) is 0 Å². The third-order valence-corrected chi connectivity index (χ3v) is 4.15. The standard InChI is InChI=1S/C16H33N/c1-5-6-7-8-9-10-14-11-12-15(14)13-17-16(2,3)4/h14-15,17H,5-13H2,1-4H3. The van der Waals surface area contributed by atoms with Crippen LogP contribution in [0.15, 0.2) is 0 Å². The molecule has 1 rings (SSSR count). The molecule has 0 radical (unpaired) electrons. The lowest BCUT2D eigenvalue weighted by molar-refractivity contribution is 0.146. The predicted molar refractivity (Wildman–Crippen MR) is 77.3 cm³/mol. The molecule has 1 aliphatic carbocycles. The first-order valence-electron chi connectivity index (χ1n) is 7.78. The van der Waals surface area contributed by atoms with Crippen LogP contribution in [0.25, 0.3) is 0 Å². The van der Waals surface area contributed by atoms with Crippen LogP contribution >= 0.6 is 0 Å². The van der Waals surface area contributed by atoms with E-state index in [4.69, 9.17) is 0 Å². The Kier molecular flexibility index (Phi) is 6.54. The minimum atomic E-state index is 0.293. The zero-order chi connectivity index (χ0) is 12.7. The Labute approximate surface area is 109 Å². The maximum Gasteiger partial charge on any atom is 0.00966 e. The van der Waals surface area contributed by atoms with Gasteiger partial charge in [-0.2, -0.15) is 0 Å². The molecule has 1 fully saturated rings. The van der Waals surface area contributed by atoms with E-state index in [1.165, 1.54) is 57.9 Å². The maximum atomic E-state index is 3.66. The Morgan fingerprint density at radius 1 is 0.941 bits per heavy atom. The molecule has 0 aromatic carbocycles. The number of unbranched alkanes of at least 4 members (excludes halogenated alkanes) is 4. The van der Waals surface area contributed by atoms with Gasteiger partial charge in [-0.15, -0.1) is 0 Å². The van der Waals surface area contributed by atoms with Gasteiger partial charge in [0.05, 0.1) is 0 Å². The number of rotatable bonds is 8. The van der Waals surface area contributed by atoms with E-state index in [2.05, 4.69) is 33.0 Å².